The highest BCUT2D eigenvalue weighted by Crippen LogP contribution is 2.25. The topological polar surface area (TPSA) is 77.8 Å². The number of anilines is 1. The average Bonchev–Trinajstić information content (AvgIpc) is 2.92. The van der Waals surface area contributed by atoms with Gasteiger partial charge in [-0.3, -0.25) is 0 Å². The second kappa shape index (κ2) is 4.67. The number of nitrogens with two attached hydrogens (primary N) is 1. The van der Waals surface area contributed by atoms with Gasteiger partial charge in [-0.1, -0.05) is 18.1 Å². The Hall–Kier alpha value is -2.87. The third-order valence-electron chi connectivity index (χ3n) is 3.24. The van der Waals surface area contributed by atoms with Crippen LogP contribution in [-0.2, 0) is 6.42 Å². The van der Waals surface area contributed by atoms with Crippen LogP contribution in [0.25, 0.3) is 11.2 Å². The minimum Gasteiger partial charge on any atom is -0.396 e. The number of aromatic nitrogens is 3. The van der Waals surface area contributed by atoms with Gasteiger partial charge in [-0.25, -0.2) is 9.61 Å². The van der Waals surface area contributed by atoms with Crippen molar-refractivity contribution in [3.63, 3.8) is 0 Å². The van der Waals surface area contributed by atoms with Crippen LogP contribution >= 0.6 is 0 Å². The van der Waals surface area contributed by atoms with Crippen LogP contribution in [0.4, 0.5) is 5.69 Å². The molecule has 2 aromatic heterocycles. The van der Waals surface area contributed by atoms with E-state index < -0.39 is 0 Å². The molecule has 0 aliphatic heterocycles. The maximum atomic E-state index is 6.14. The summed E-state index contributed by atoms with van der Waals surface area (Å²) >= 11 is 0. The Balaban J connectivity index is 2.08. The number of fused-ring (bicyclic) bond motifs is 1. The average molecular weight is 264 g/mol. The van der Waals surface area contributed by atoms with E-state index in [1.54, 1.807) is 0 Å². The number of benzene rings is 1. The summed E-state index contributed by atoms with van der Waals surface area (Å²) in [6.07, 6.45) is 6.06. The molecule has 0 atom stereocenters. The highest BCUT2D eigenvalue weighted by molar-refractivity contribution is 5.85. The van der Waals surface area contributed by atoms with Gasteiger partial charge in [0.2, 0.25) is 5.65 Å². The molecule has 0 fully saturated rings. The molecule has 0 radical (unpaired) electrons. The first-order valence-corrected chi connectivity index (χ1v) is 6.12. The second-order valence-electron chi connectivity index (χ2n) is 4.55. The molecule has 2 heterocycles. The highest BCUT2D eigenvalue weighted by Gasteiger charge is 2.14. The SMILES string of the molecule is C#Cc1cccc(Cc2c(C)nc3nonc3c2N)c1. The molecule has 3 rings (SSSR count). The minimum absolute atomic E-state index is 0.432. The first-order valence-electron chi connectivity index (χ1n) is 6.12. The zero-order chi connectivity index (χ0) is 14.1. The van der Waals surface area contributed by atoms with Gasteiger partial charge in [-0.2, -0.15) is 0 Å². The van der Waals surface area contributed by atoms with Crippen molar-refractivity contribution in [3.8, 4) is 12.3 Å². The van der Waals surface area contributed by atoms with Crippen molar-refractivity contribution in [1.29, 1.82) is 0 Å². The summed E-state index contributed by atoms with van der Waals surface area (Å²) in [7, 11) is 0. The van der Waals surface area contributed by atoms with Gasteiger partial charge in [0.15, 0.2) is 5.52 Å². The predicted molar refractivity (Wildman–Crippen MR) is 75.9 cm³/mol. The quantitative estimate of drug-likeness (QED) is 0.717. The fourth-order valence-corrected chi connectivity index (χ4v) is 2.19. The molecule has 3 aromatic rings. The maximum Gasteiger partial charge on any atom is 0.226 e. The molecular formula is C15H12N4O. The van der Waals surface area contributed by atoms with Crippen LogP contribution < -0.4 is 5.73 Å². The van der Waals surface area contributed by atoms with Crippen LogP contribution in [0.3, 0.4) is 0 Å². The lowest BCUT2D eigenvalue weighted by molar-refractivity contribution is 0.315. The summed E-state index contributed by atoms with van der Waals surface area (Å²) < 4.78 is 4.67. The molecule has 0 saturated carbocycles. The zero-order valence-electron chi connectivity index (χ0n) is 10.9. The largest absolute Gasteiger partial charge is 0.396 e. The highest BCUT2D eigenvalue weighted by atomic mass is 16.6. The smallest absolute Gasteiger partial charge is 0.226 e. The van der Waals surface area contributed by atoms with Gasteiger partial charge >= 0.3 is 0 Å². The van der Waals surface area contributed by atoms with E-state index >= 15 is 0 Å². The molecule has 2 N–H and O–H groups in total. The molecule has 98 valence electrons. The summed E-state index contributed by atoms with van der Waals surface area (Å²) in [5.41, 5.74) is 11.3. The van der Waals surface area contributed by atoms with Crippen LogP contribution in [0.15, 0.2) is 28.9 Å². The van der Waals surface area contributed by atoms with E-state index in [0.29, 0.717) is 23.3 Å². The molecule has 5 nitrogen and oxygen atoms in total. The number of hydrogen-bond donors (Lipinski definition) is 1. The molecule has 0 aliphatic rings. The molecule has 0 aliphatic carbocycles. The van der Waals surface area contributed by atoms with Crippen molar-refractivity contribution < 1.29 is 4.63 Å². The minimum atomic E-state index is 0.432. The Morgan fingerprint density at radius 2 is 2.20 bits per heavy atom. The zero-order valence-corrected chi connectivity index (χ0v) is 10.9. The lowest BCUT2D eigenvalue weighted by atomic mass is 10.0. The lowest BCUT2D eigenvalue weighted by Crippen LogP contribution is -2.02. The van der Waals surface area contributed by atoms with E-state index in [0.717, 1.165) is 22.4 Å². The Morgan fingerprint density at radius 1 is 1.35 bits per heavy atom. The Kier molecular flexibility index (Phi) is 2.84. The first-order chi connectivity index (χ1) is 9.69. The normalized spacial score (nSPS) is 10.6. The third-order valence-corrected chi connectivity index (χ3v) is 3.24. The Labute approximate surface area is 115 Å². The third kappa shape index (κ3) is 1.97. The number of aryl methyl sites for hydroxylation is 1. The van der Waals surface area contributed by atoms with E-state index in [2.05, 4.69) is 25.8 Å². The Morgan fingerprint density at radius 3 is 3.00 bits per heavy atom. The number of nitrogens with zero attached hydrogens (tertiary/aromatic N) is 3. The molecular weight excluding hydrogens is 252 g/mol. The molecule has 5 heteroatoms. The molecule has 0 amide bonds. The molecule has 0 saturated heterocycles. The fraction of sp³-hybridized carbons (Fsp3) is 0.133. The van der Waals surface area contributed by atoms with Gasteiger partial charge in [0, 0.05) is 23.2 Å². The molecule has 20 heavy (non-hydrogen) atoms. The summed E-state index contributed by atoms with van der Waals surface area (Å²) in [6.45, 7) is 1.89. The van der Waals surface area contributed by atoms with Gasteiger partial charge in [-0.15, -0.1) is 6.42 Å². The maximum absolute atomic E-state index is 6.14. The second-order valence-corrected chi connectivity index (χ2v) is 4.55. The standard InChI is InChI=1S/C15H12N4O/c1-3-10-5-4-6-11(7-10)8-12-9(2)17-15-14(13(12)16)18-20-19-15/h1,4-7H,8,16H2,2H3. The van der Waals surface area contributed by atoms with Gasteiger partial charge in [0.1, 0.15) is 0 Å². The lowest BCUT2D eigenvalue weighted by Gasteiger charge is -2.09. The van der Waals surface area contributed by atoms with Gasteiger partial charge in [0.25, 0.3) is 0 Å². The summed E-state index contributed by atoms with van der Waals surface area (Å²) in [6, 6.07) is 7.79. The van der Waals surface area contributed by atoms with Gasteiger partial charge < -0.3 is 5.73 Å². The molecule has 0 unspecified atom stereocenters. The van der Waals surface area contributed by atoms with Crippen LogP contribution in [-0.4, -0.2) is 15.3 Å². The van der Waals surface area contributed by atoms with Crippen molar-refractivity contribution in [2.24, 2.45) is 0 Å². The van der Waals surface area contributed by atoms with Gasteiger partial charge in [-0.05, 0) is 34.9 Å². The van der Waals surface area contributed by atoms with E-state index in [9.17, 15) is 0 Å². The molecule has 0 bridgehead atoms. The van der Waals surface area contributed by atoms with Crippen LogP contribution in [0.1, 0.15) is 22.4 Å². The first kappa shape index (κ1) is 12.2. The van der Waals surface area contributed by atoms with Crippen molar-refractivity contribution in [2.45, 2.75) is 13.3 Å². The van der Waals surface area contributed by atoms with Crippen molar-refractivity contribution in [3.05, 3.63) is 46.6 Å². The van der Waals surface area contributed by atoms with Crippen molar-refractivity contribution in [1.82, 2.24) is 15.3 Å². The van der Waals surface area contributed by atoms with Crippen LogP contribution in [0.5, 0.6) is 0 Å². The fourth-order valence-electron chi connectivity index (χ4n) is 2.19. The monoisotopic (exact) mass is 264 g/mol. The van der Waals surface area contributed by atoms with Crippen molar-refractivity contribution >= 4 is 16.9 Å². The summed E-state index contributed by atoms with van der Waals surface area (Å²) in [4.78, 5) is 4.35. The van der Waals surface area contributed by atoms with Crippen molar-refractivity contribution in [2.75, 3.05) is 5.73 Å². The van der Waals surface area contributed by atoms with E-state index in [1.807, 2.05) is 31.2 Å². The number of nitrogen functional groups attached to an aromatic ring is 1. The number of hydrogen-bond acceptors (Lipinski definition) is 5. The van der Waals surface area contributed by atoms with Gasteiger partial charge in [0.05, 0.1) is 5.69 Å². The van der Waals surface area contributed by atoms with Crippen LogP contribution in [0.2, 0.25) is 0 Å². The predicted octanol–water partition coefficient (Wildman–Crippen LogP) is 2.08. The molecule has 1 aromatic carbocycles. The summed E-state index contributed by atoms with van der Waals surface area (Å²) in [5.74, 6) is 2.62. The van der Waals surface area contributed by atoms with Crippen LogP contribution in [0, 0.1) is 19.3 Å². The number of rotatable bonds is 2. The number of terminal acetylenes is 1. The van der Waals surface area contributed by atoms with E-state index in [1.165, 1.54) is 0 Å². The molecule has 0 spiro atoms. The number of pyridine rings is 1. The van der Waals surface area contributed by atoms with E-state index in [-0.39, 0.29) is 0 Å². The Bertz CT molecular complexity index is 829. The van der Waals surface area contributed by atoms with E-state index in [4.69, 9.17) is 12.2 Å². The summed E-state index contributed by atoms with van der Waals surface area (Å²) in [5, 5.41) is 7.50.